The molecule has 0 spiro atoms. The summed E-state index contributed by atoms with van der Waals surface area (Å²) in [6.45, 7) is 7.26. The van der Waals surface area contributed by atoms with Crippen LogP contribution in [0.15, 0.2) is 17.0 Å². The lowest BCUT2D eigenvalue weighted by Gasteiger charge is -2.12. The molecule has 0 radical (unpaired) electrons. The van der Waals surface area contributed by atoms with Crippen LogP contribution in [0.1, 0.15) is 27.7 Å². The number of rotatable bonds is 5. The fourth-order valence-electron chi connectivity index (χ4n) is 1.29. The molecule has 0 atom stereocenters. The average Bonchev–Trinajstić information content (AvgIpc) is 2.37. The Kier molecular flexibility index (Phi) is 6.01. The van der Waals surface area contributed by atoms with E-state index in [0.29, 0.717) is 11.6 Å². The molecule has 0 aliphatic heterocycles. The number of nitrogens with zero attached hydrogens (tertiary/aromatic N) is 1. The highest BCUT2D eigenvalue weighted by Gasteiger charge is 2.12. The van der Waals surface area contributed by atoms with Crippen molar-refractivity contribution in [2.45, 2.75) is 32.6 Å². The van der Waals surface area contributed by atoms with Gasteiger partial charge in [-0.15, -0.1) is 11.8 Å². The van der Waals surface area contributed by atoms with Gasteiger partial charge in [-0.3, -0.25) is 9.59 Å². The quantitative estimate of drug-likeness (QED) is 0.819. The van der Waals surface area contributed by atoms with Gasteiger partial charge in [-0.05, 0) is 18.4 Å². The van der Waals surface area contributed by atoms with Gasteiger partial charge in [0, 0.05) is 16.7 Å². The number of thioether (sulfide) groups is 1. The Balaban J connectivity index is 2.96. The van der Waals surface area contributed by atoms with Crippen LogP contribution in [-0.2, 0) is 9.59 Å². The lowest BCUT2D eigenvalue weighted by molar-refractivity contribution is -0.119. The zero-order chi connectivity index (χ0) is 15.3. The van der Waals surface area contributed by atoms with E-state index in [4.69, 9.17) is 0 Å². The molecule has 0 saturated carbocycles. The van der Waals surface area contributed by atoms with Gasteiger partial charge in [0.25, 0.3) is 0 Å². The van der Waals surface area contributed by atoms with Crippen LogP contribution < -0.4 is 10.6 Å². The number of pyridine rings is 1. The molecule has 6 heteroatoms. The van der Waals surface area contributed by atoms with Crippen LogP contribution in [0.2, 0.25) is 0 Å². The second-order valence-corrected chi connectivity index (χ2v) is 5.95. The molecule has 1 aromatic heterocycles. The first-order valence-corrected chi connectivity index (χ1v) is 7.73. The average molecular weight is 295 g/mol. The first-order valence-electron chi connectivity index (χ1n) is 6.51. The van der Waals surface area contributed by atoms with Crippen LogP contribution in [0.25, 0.3) is 0 Å². The van der Waals surface area contributed by atoms with Gasteiger partial charge >= 0.3 is 0 Å². The van der Waals surface area contributed by atoms with Crippen molar-refractivity contribution in [3.63, 3.8) is 0 Å². The molecule has 1 aromatic rings. The summed E-state index contributed by atoms with van der Waals surface area (Å²) in [6, 6.07) is 3.58. The number of carbonyl (C=O) groups is 2. The van der Waals surface area contributed by atoms with Crippen molar-refractivity contribution in [1.29, 1.82) is 0 Å². The van der Waals surface area contributed by atoms with Crippen LogP contribution in [0.4, 0.5) is 11.6 Å². The van der Waals surface area contributed by atoms with Gasteiger partial charge in [0.05, 0.1) is 0 Å². The maximum atomic E-state index is 11.7. The largest absolute Gasteiger partial charge is 0.310 e. The molecule has 0 saturated heterocycles. The number of amides is 2. The second-order valence-electron chi connectivity index (χ2n) is 5.07. The predicted molar refractivity (Wildman–Crippen MR) is 83.0 cm³/mol. The Morgan fingerprint density at radius 3 is 1.70 bits per heavy atom. The second kappa shape index (κ2) is 7.28. The zero-order valence-electron chi connectivity index (χ0n) is 12.5. The fourth-order valence-corrected chi connectivity index (χ4v) is 1.75. The van der Waals surface area contributed by atoms with E-state index in [1.165, 1.54) is 11.8 Å². The summed E-state index contributed by atoms with van der Waals surface area (Å²) in [5.41, 5.74) is 0. The third-order valence-electron chi connectivity index (χ3n) is 2.59. The topological polar surface area (TPSA) is 71.1 Å². The zero-order valence-corrected chi connectivity index (χ0v) is 13.3. The van der Waals surface area contributed by atoms with Gasteiger partial charge in [0.2, 0.25) is 11.8 Å². The Morgan fingerprint density at radius 2 is 1.40 bits per heavy atom. The minimum absolute atomic E-state index is 0.100. The van der Waals surface area contributed by atoms with Gasteiger partial charge in [0.15, 0.2) is 0 Å². The van der Waals surface area contributed by atoms with Gasteiger partial charge < -0.3 is 10.6 Å². The lowest BCUT2D eigenvalue weighted by Crippen LogP contribution is -2.21. The summed E-state index contributed by atoms with van der Waals surface area (Å²) in [7, 11) is 0. The third kappa shape index (κ3) is 4.85. The van der Waals surface area contributed by atoms with Gasteiger partial charge in [0.1, 0.15) is 11.6 Å². The van der Waals surface area contributed by atoms with Crippen LogP contribution in [0, 0.1) is 11.8 Å². The Labute approximate surface area is 123 Å². The van der Waals surface area contributed by atoms with Crippen LogP contribution in [-0.4, -0.2) is 23.1 Å². The maximum absolute atomic E-state index is 11.7. The van der Waals surface area contributed by atoms with Crippen LogP contribution in [0.5, 0.6) is 0 Å². The molecule has 110 valence electrons. The smallest absolute Gasteiger partial charge is 0.228 e. The highest BCUT2D eigenvalue weighted by molar-refractivity contribution is 7.98. The van der Waals surface area contributed by atoms with E-state index < -0.39 is 0 Å². The molecular weight excluding hydrogens is 274 g/mol. The van der Waals surface area contributed by atoms with E-state index >= 15 is 0 Å². The van der Waals surface area contributed by atoms with Crippen molar-refractivity contribution >= 4 is 35.2 Å². The van der Waals surface area contributed by atoms with E-state index in [-0.39, 0.29) is 23.7 Å². The van der Waals surface area contributed by atoms with Crippen molar-refractivity contribution < 1.29 is 9.59 Å². The minimum Gasteiger partial charge on any atom is -0.310 e. The van der Waals surface area contributed by atoms with E-state index in [0.717, 1.165) is 4.90 Å². The molecule has 1 heterocycles. The van der Waals surface area contributed by atoms with Crippen molar-refractivity contribution in [2.24, 2.45) is 11.8 Å². The van der Waals surface area contributed by atoms with Crippen LogP contribution >= 0.6 is 11.8 Å². The molecule has 0 fully saturated rings. The van der Waals surface area contributed by atoms with Crippen molar-refractivity contribution in [1.82, 2.24) is 4.98 Å². The number of anilines is 2. The SMILES string of the molecule is CSc1cc(NC(=O)C(C)C)nc(NC(=O)C(C)C)c1. The van der Waals surface area contributed by atoms with Gasteiger partial charge in [-0.1, -0.05) is 27.7 Å². The van der Waals surface area contributed by atoms with E-state index in [1.807, 2.05) is 34.0 Å². The number of carbonyl (C=O) groups excluding carboxylic acids is 2. The molecule has 0 unspecified atom stereocenters. The summed E-state index contributed by atoms with van der Waals surface area (Å²) >= 11 is 1.53. The Morgan fingerprint density at radius 1 is 1.00 bits per heavy atom. The minimum atomic E-state index is -0.122. The van der Waals surface area contributed by atoms with Gasteiger partial charge in [-0.2, -0.15) is 0 Å². The fraction of sp³-hybridized carbons (Fsp3) is 0.500. The summed E-state index contributed by atoms with van der Waals surface area (Å²) in [4.78, 5) is 28.6. The maximum Gasteiger partial charge on any atom is 0.228 e. The van der Waals surface area contributed by atoms with Gasteiger partial charge in [-0.25, -0.2) is 4.98 Å². The number of hydrogen-bond donors (Lipinski definition) is 2. The Bertz CT molecular complexity index is 461. The molecule has 2 amide bonds. The molecule has 0 aromatic carbocycles. The molecule has 0 bridgehead atoms. The molecule has 20 heavy (non-hydrogen) atoms. The van der Waals surface area contributed by atoms with Crippen molar-refractivity contribution in [2.75, 3.05) is 16.9 Å². The molecule has 5 nitrogen and oxygen atoms in total. The predicted octanol–water partition coefficient (Wildman–Crippen LogP) is 2.99. The standard InChI is InChI=1S/C14H21N3O2S/c1-8(2)13(18)16-11-6-10(20-5)7-12(15-11)17-14(19)9(3)4/h6-9H,1-5H3,(H2,15,16,17,18,19). The number of nitrogens with one attached hydrogen (secondary N) is 2. The Hall–Kier alpha value is -1.56. The molecule has 0 aliphatic carbocycles. The third-order valence-corrected chi connectivity index (χ3v) is 3.29. The van der Waals surface area contributed by atoms with E-state index in [2.05, 4.69) is 15.6 Å². The monoisotopic (exact) mass is 295 g/mol. The summed E-state index contributed by atoms with van der Waals surface area (Å²) in [6.07, 6.45) is 1.93. The molecule has 1 rings (SSSR count). The van der Waals surface area contributed by atoms with E-state index in [1.54, 1.807) is 12.1 Å². The highest BCUT2D eigenvalue weighted by atomic mass is 32.2. The van der Waals surface area contributed by atoms with Crippen LogP contribution in [0.3, 0.4) is 0 Å². The first-order chi connectivity index (χ1) is 9.33. The molecule has 2 N–H and O–H groups in total. The number of aromatic nitrogens is 1. The summed E-state index contributed by atoms with van der Waals surface area (Å²) < 4.78 is 0. The van der Waals surface area contributed by atoms with E-state index in [9.17, 15) is 9.59 Å². The molecule has 0 aliphatic rings. The van der Waals surface area contributed by atoms with Crippen molar-refractivity contribution in [3.8, 4) is 0 Å². The molecular formula is C14H21N3O2S. The highest BCUT2D eigenvalue weighted by Crippen LogP contribution is 2.22. The van der Waals surface area contributed by atoms with Crippen molar-refractivity contribution in [3.05, 3.63) is 12.1 Å². The lowest BCUT2D eigenvalue weighted by atomic mass is 10.2. The summed E-state index contributed by atoms with van der Waals surface area (Å²) in [5.74, 6) is 0.463. The number of hydrogen-bond acceptors (Lipinski definition) is 4. The normalized spacial score (nSPS) is 10.8. The first kappa shape index (κ1) is 16.5. The summed E-state index contributed by atoms with van der Waals surface area (Å²) in [5, 5.41) is 5.49.